The molecular formula is C4H11O6P. The Labute approximate surface area is 64.0 Å². The van der Waals surface area contributed by atoms with Crippen LogP contribution in [0.3, 0.4) is 0 Å². The lowest BCUT2D eigenvalue weighted by molar-refractivity contribution is 0.186. The summed E-state index contributed by atoms with van der Waals surface area (Å²) in [6, 6.07) is 0. The summed E-state index contributed by atoms with van der Waals surface area (Å²) in [5, 5.41) is 15.2. The molecule has 0 saturated heterocycles. The van der Waals surface area contributed by atoms with E-state index < -0.39 is 7.82 Å². The van der Waals surface area contributed by atoms with Gasteiger partial charge in [0.1, 0.15) is 0 Å². The van der Waals surface area contributed by atoms with Gasteiger partial charge in [-0.3, -0.25) is 9.79 Å². The van der Waals surface area contributed by atoms with E-state index in [1.54, 1.807) is 0 Å². The van der Waals surface area contributed by atoms with Crippen molar-refractivity contribution >= 4 is 7.82 Å². The Morgan fingerprint density at radius 3 is 1.73 bits per heavy atom. The molecule has 0 aliphatic rings. The van der Waals surface area contributed by atoms with Crippen LogP contribution in [0.15, 0.2) is 12.8 Å². The Hall–Kier alpha value is -0.390. The van der Waals surface area contributed by atoms with Crippen LogP contribution in [0.25, 0.3) is 0 Å². The van der Waals surface area contributed by atoms with Crippen molar-refractivity contribution in [3.8, 4) is 0 Å². The van der Waals surface area contributed by atoms with E-state index in [4.69, 9.17) is 20.0 Å². The van der Waals surface area contributed by atoms with Gasteiger partial charge in [-0.05, 0) is 0 Å². The first-order chi connectivity index (χ1) is 4.97. The van der Waals surface area contributed by atoms with E-state index in [0.717, 1.165) is 0 Å². The van der Waals surface area contributed by atoms with E-state index in [1.807, 2.05) is 0 Å². The maximum atomic E-state index is 9.63. The predicted molar refractivity (Wildman–Crippen MR) is 37.5 cm³/mol. The summed E-state index contributed by atoms with van der Waals surface area (Å²) < 4.78 is 13.3. The molecule has 6 nitrogen and oxygen atoms in total. The second kappa shape index (κ2) is 7.71. The first-order valence-electron chi connectivity index (χ1n) is 2.54. The van der Waals surface area contributed by atoms with Crippen LogP contribution >= 0.6 is 7.82 Å². The number of hydrogen-bond acceptors (Lipinski definition) is 4. The van der Waals surface area contributed by atoms with Crippen LogP contribution in [-0.4, -0.2) is 33.2 Å². The second-order valence-electron chi connectivity index (χ2n) is 1.21. The molecule has 68 valence electrons. The summed E-state index contributed by atoms with van der Waals surface area (Å²) in [6.07, 6.45) is 0.695. The first kappa shape index (κ1) is 13.2. The molecule has 0 unspecified atom stereocenters. The fraction of sp³-hybridized carbons (Fsp3) is 0.500. The second-order valence-corrected chi connectivity index (χ2v) is 2.40. The predicted octanol–water partition coefficient (Wildman–Crippen LogP) is -0.790. The zero-order valence-corrected chi connectivity index (χ0v) is 6.65. The van der Waals surface area contributed by atoms with Gasteiger partial charge in [-0.1, -0.05) is 6.58 Å². The summed E-state index contributed by atoms with van der Waals surface area (Å²) in [5.41, 5.74) is 0. The van der Waals surface area contributed by atoms with Crippen LogP contribution in [0.2, 0.25) is 0 Å². The monoisotopic (exact) mass is 186 g/mol. The van der Waals surface area contributed by atoms with Crippen molar-refractivity contribution in [1.29, 1.82) is 0 Å². The van der Waals surface area contributed by atoms with E-state index >= 15 is 0 Å². The van der Waals surface area contributed by atoms with Gasteiger partial charge in [0.05, 0.1) is 19.5 Å². The summed E-state index contributed by atoms with van der Waals surface area (Å²) in [6.45, 7) is 2.68. The van der Waals surface area contributed by atoms with Gasteiger partial charge in [-0.15, -0.1) is 0 Å². The highest BCUT2D eigenvalue weighted by Crippen LogP contribution is 2.35. The van der Waals surface area contributed by atoms with Gasteiger partial charge >= 0.3 is 7.82 Å². The van der Waals surface area contributed by atoms with Crippen molar-refractivity contribution in [2.75, 3.05) is 13.2 Å². The molecule has 0 heterocycles. The van der Waals surface area contributed by atoms with Gasteiger partial charge in [-0.25, -0.2) is 4.57 Å². The minimum Gasteiger partial charge on any atom is -0.413 e. The number of phosphoric ester groups is 1. The van der Waals surface area contributed by atoms with Gasteiger partial charge in [0.2, 0.25) is 0 Å². The summed E-state index contributed by atoms with van der Waals surface area (Å²) >= 11 is 0. The fourth-order valence-electron chi connectivity index (χ4n) is 0.0971. The number of phosphoric acid groups is 1. The standard InChI is InChI=1S/C2H5O4P.C2H6O2/c1-2-6-7(3,4)5;3-1-2-4/h2H,1H2,(H2,3,4,5);3-4H,1-2H2. The van der Waals surface area contributed by atoms with Crippen LogP contribution in [0.4, 0.5) is 0 Å². The highest BCUT2D eigenvalue weighted by molar-refractivity contribution is 7.46. The van der Waals surface area contributed by atoms with E-state index in [2.05, 4.69) is 11.1 Å². The van der Waals surface area contributed by atoms with Gasteiger partial charge in [-0.2, -0.15) is 0 Å². The molecular weight excluding hydrogens is 175 g/mol. The Morgan fingerprint density at radius 1 is 1.36 bits per heavy atom. The normalized spacial score (nSPS) is 9.45. The van der Waals surface area contributed by atoms with Crippen molar-refractivity contribution in [3.63, 3.8) is 0 Å². The Morgan fingerprint density at radius 2 is 1.73 bits per heavy atom. The van der Waals surface area contributed by atoms with Crippen LogP contribution in [0, 0.1) is 0 Å². The van der Waals surface area contributed by atoms with Gasteiger partial charge in [0, 0.05) is 0 Å². The minimum atomic E-state index is -4.28. The molecule has 0 rings (SSSR count). The average Bonchev–Trinajstić information content (AvgIpc) is 1.86. The molecule has 0 atom stereocenters. The molecule has 7 heteroatoms. The summed E-state index contributed by atoms with van der Waals surface area (Å²) in [4.78, 5) is 15.7. The highest BCUT2D eigenvalue weighted by Gasteiger charge is 2.10. The van der Waals surface area contributed by atoms with Crippen molar-refractivity contribution in [3.05, 3.63) is 12.8 Å². The van der Waals surface area contributed by atoms with Crippen molar-refractivity contribution in [2.45, 2.75) is 0 Å². The third-order valence-electron chi connectivity index (χ3n) is 0.312. The van der Waals surface area contributed by atoms with Crippen LogP contribution in [-0.2, 0) is 9.09 Å². The molecule has 0 bridgehead atoms. The fourth-order valence-corrected chi connectivity index (χ4v) is 0.291. The third kappa shape index (κ3) is 26.2. The van der Waals surface area contributed by atoms with Gasteiger partial charge in [0.15, 0.2) is 0 Å². The molecule has 0 aliphatic carbocycles. The minimum absolute atomic E-state index is 0.125. The quantitative estimate of drug-likeness (QED) is 0.340. The lowest BCUT2D eigenvalue weighted by Gasteiger charge is -1.96. The van der Waals surface area contributed by atoms with Crippen molar-refractivity contribution in [2.24, 2.45) is 0 Å². The van der Waals surface area contributed by atoms with Gasteiger partial charge in [0.25, 0.3) is 0 Å². The van der Waals surface area contributed by atoms with Crippen molar-refractivity contribution in [1.82, 2.24) is 0 Å². The maximum Gasteiger partial charge on any atom is 0.524 e. The van der Waals surface area contributed by atoms with E-state index in [1.165, 1.54) is 0 Å². The van der Waals surface area contributed by atoms with Crippen LogP contribution in [0.1, 0.15) is 0 Å². The molecule has 0 aromatic rings. The SMILES string of the molecule is C=COP(=O)(O)O.OCCO. The molecule has 0 aromatic heterocycles. The molecule has 0 amide bonds. The summed E-state index contributed by atoms with van der Waals surface area (Å²) in [7, 11) is -4.28. The van der Waals surface area contributed by atoms with E-state index in [-0.39, 0.29) is 13.2 Å². The molecule has 11 heavy (non-hydrogen) atoms. The van der Waals surface area contributed by atoms with Crippen molar-refractivity contribution < 1.29 is 29.1 Å². The Kier molecular flexibility index (Phi) is 9.27. The molecule has 0 radical (unpaired) electrons. The van der Waals surface area contributed by atoms with E-state index in [0.29, 0.717) is 6.26 Å². The van der Waals surface area contributed by atoms with Crippen LogP contribution < -0.4 is 0 Å². The highest BCUT2D eigenvalue weighted by atomic mass is 31.2. The largest absolute Gasteiger partial charge is 0.524 e. The topological polar surface area (TPSA) is 107 Å². The zero-order chi connectivity index (χ0) is 9.33. The number of aliphatic hydroxyl groups is 2. The molecule has 0 aliphatic heterocycles. The van der Waals surface area contributed by atoms with E-state index in [9.17, 15) is 4.57 Å². The van der Waals surface area contributed by atoms with Gasteiger partial charge < -0.3 is 14.7 Å². The zero-order valence-electron chi connectivity index (χ0n) is 5.75. The number of hydrogen-bond donors (Lipinski definition) is 4. The maximum absolute atomic E-state index is 9.63. The Balaban J connectivity index is 0. The Bertz CT molecular complexity index is 127. The first-order valence-corrected chi connectivity index (χ1v) is 4.07. The molecule has 4 N–H and O–H groups in total. The lowest BCUT2D eigenvalue weighted by atomic mass is 10.8. The van der Waals surface area contributed by atoms with Crippen LogP contribution in [0.5, 0.6) is 0 Å². The third-order valence-corrected chi connectivity index (χ3v) is 0.736. The average molecular weight is 186 g/mol. The molecule has 0 saturated carbocycles. The molecule has 0 fully saturated rings. The number of rotatable bonds is 3. The molecule has 0 aromatic carbocycles. The smallest absolute Gasteiger partial charge is 0.413 e. The molecule has 0 spiro atoms. The lowest BCUT2D eigenvalue weighted by Crippen LogP contribution is -1.85. The summed E-state index contributed by atoms with van der Waals surface area (Å²) in [5.74, 6) is 0. The number of aliphatic hydroxyl groups excluding tert-OH is 2.